The lowest BCUT2D eigenvalue weighted by atomic mass is 10.2. The zero-order valence-electron chi connectivity index (χ0n) is 8.52. The van der Waals surface area contributed by atoms with Gasteiger partial charge in [-0.05, 0) is 22.0 Å². The van der Waals surface area contributed by atoms with E-state index in [1.807, 2.05) is 0 Å². The molecule has 1 amide bonds. The number of hydrogen-bond donors (Lipinski definition) is 1. The average molecular weight is 355 g/mol. The van der Waals surface area contributed by atoms with E-state index in [9.17, 15) is 9.18 Å². The van der Waals surface area contributed by atoms with Crippen LogP contribution in [0.2, 0.25) is 0 Å². The molecule has 0 saturated heterocycles. The molecule has 0 unspecified atom stereocenters. The van der Waals surface area contributed by atoms with Gasteiger partial charge >= 0.3 is 0 Å². The van der Waals surface area contributed by atoms with E-state index in [1.54, 1.807) is 0 Å². The van der Waals surface area contributed by atoms with Gasteiger partial charge in [-0.1, -0.05) is 15.9 Å². The lowest BCUT2D eigenvalue weighted by molar-refractivity contribution is 0.0953. The zero-order chi connectivity index (χ0) is 12.1. The minimum absolute atomic E-state index is 0.216. The highest BCUT2D eigenvalue weighted by Gasteiger charge is 2.15. The van der Waals surface area contributed by atoms with Gasteiger partial charge < -0.3 is 10.1 Å². The number of halogens is 3. The molecule has 0 fully saturated rings. The first kappa shape index (κ1) is 13.4. The molecule has 3 nitrogen and oxygen atoms in total. The second-order valence-electron chi connectivity index (χ2n) is 2.91. The molecule has 0 aromatic heterocycles. The van der Waals surface area contributed by atoms with Gasteiger partial charge in [0.25, 0.3) is 5.91 Å². The van der Waals surface area contributed by atoms with E-state index in [0.717, 1.165) is 0 Å². The van der Waals surface area contributed by atoms with Gasteiger partial charge in [-0.2, -0.15) is 0 Å². The topological polar surface area (TPSA) is 38.3 Å². The average Bonchev–Trinajstić information content (AvgIpc) is 2.28. The van der Waals surface area contributed by atoms with Crippen LogP contribution >= 0.6 is 31.9 Å². The highest BCUT2D eigenvalue weighted by molar-refractivity contribution is 9.10. The molecule has 88 valence electrons. The summed E-state index contributed by atoms with van der Waals surface area (Å²) in [6.45, 7) is 0.497. The third-order valence-corrected chi connectivity index (χ3v) is 2.87. The van der Waals surface area contributed by atoms with Gasteiger partial charge in [0, 0.05) is 17.9 Å². The summed E-state index contributed by atoms with van der Waals surface area (Å²) in [4.78, 5) is 11.7. The molecule has 1 aromatic carbocycles. The van der Waals surface area contributed by atoms with Crippen molar-refractivity contribution in [3.05, 3.63) is 28.0 Å². The number of carbonyl (C=O) groups excluding carboxylic acids is 1. The number of benzene rings is 1. The molecule has 0 saturated carbocycles. The summed E-state index contributed by atoms with van der Waals surface area (Å²) in [5, 5.41) is 3.32. The smallest absolute Gasteiger partial charge is 0.255 e. The molecule has 0 radical (unpaired) electrons. The first-order valence-corrected chi connectivity index (χ1v) is 6.38. The van der Waals surface area contributed by atoms with Gasteiger partial charge in [-0.25, -0.2) is 4.39 Å². The van der Waals surface area contributed by atoms with E-state index in [1.165, 1.54) is 19.2 Å². The van der Waals surface area contributed by atoms with Crippen molar-refractivity contribution in [3.63, 3.8) is 0 Å². The molecule has 0 heterocycles. The fraction of sp³-hybridized carbons (Fsp3) is 0.300. The second kappa shape index (κ2) is 6.20. The predicted octanol–water partition coefficient (Wildman–Crippen LogP) is 2.72. The lowest BCUT2D eigenvalue weighted by Crippen LogP contribution is -2.25. The standard InChI is InChI=1S/C10H10Br2FNO2/c1-16-9-5-8(13)7(12)4-6(9)10(15)14-3-2-11/h4-5H,2-3H2,1H3,(H,14,15). The van der Waals surface area contributed by atoms with Gasteiger partial charge in [0.1, 0.15) is 11.6 Å². The van der Waals surface area contributed by atoms with Crippen molar-refractivity contribution in [1.29, 1.82) is 0 Å². The molecule has 6 heteroatoms. The number of carbonyl (C=O) groups is 1. The molecule has 0 atom stereocenters. The molecular weight excluding hydrogens is 345 g/mol. The second-order valence-corrected chi connectivity index (χ2v) is 4.56. The monoisotopic (exact) mass is 353 g/mol. The SMILES string of the molecule is COc1cc(F)c(Br)cc1C(=O)NCCBr. The first-order valence-electron chi connectivity index (χ1n) is 4.47. The Morgan fingerprint density at radius 1 is 1.56 bits per heavy atom. The van der Waals surface area contributed by atoms with Gasteiger partial charge in [0.15, 0.2) is 0 Å². The summed E-state index contributed by atoms with van der Waals surface area (Å²) in [7, 11) is 1.39. The molecule has 1 rings (SSSR count). The van der Waals surface area contributed by atoms with E-state index >= 15 is 0 Å². The molecule has 0 bridgehead atoms. The highest BCUT2D eigenvalue weighted by Crippen LogP contribution is 2.26. The van der Waals surface area contributed by atoms with E-state index < -0.39 is 5.82 Å². The van der Waals surface area contributed by atoms with Crippen molar-refractivity contribution >= 4 is 37.8 Å². The van der Waals surface area contributed by atoms with Crippen molar-refractivity contribution < 1.29 is 13.9 Å². The number of nitrogens with one attached hydrogen (secondary N) is 1. The van der Waals surface area contributed by atoms with Crippen LogP contribution in [0.4, 0.5) is 4.39 Å². The molecule has 16 heavy (non-hydrogen) atoms. The molecule has 1 N–H and O–H groups in total. The van der Waals surface area contributed by atoms with Crippen molar-refractivity contribution in [1.82, 2.24) is 5.32 Å². The Hall–Kier alpha value is -0.620. The lowest BCUT2D eigenvalue weighted by Gasteiger charge is -2.09. The van der Waals surface area contributed by atoms with Crippen LogP contribution < -0.4 is 10.1 Å². The Morgan fingerprint density at radius 2 is 2.25 bits per heavy atom. The van der Waals surface area contributed by atoms with Crippen LogP contribution in [0.1, 0.15) is 10.4 Å². The summed E-state index contributed by atoms with van der Waals surface area (Å²) in [5.74, 6) is -0.543. The van der Waals surface area contributed by atoms with Crippen molar-refractivity contribution in [2.75, 3.05) is 19.0 Å². The fourth-order valence-corrected chi connectivity index (χ4v) is 1.67. The Kier molecular flexibility index (Phi) is 5.21. The Bertz CT molecular complexity index is 399. The summed E-state index contributed by atoms with van der Waals surface area (Å²) >= 11 is 6.22. The molecule has 0 aliphatic heterocycles. The van der Waals surface area contributed by atoms with Crippen molar-refractivity contribution in [2.24, 2.45) is 0 Å². The van der Waals surface area contributed by atoms with Crippen LogP contribution in [0.5, 0.6) is 5.75 Å². The van der Waals surface area contributed by atoms with E-state index in [-0.39, 0.29) is 16.1 Å². The quantitative estimate of drug-likeness (QED) is 0.844. The molecule has 0 aliphatic rings. The highest BCUT2D eigenvalue weighted by atomic mass is 79.9. The van der Waals surface area contributed by atoms with Gasteiger partial charge in [0.05, 0.1) is 17.1 Å². The van der Waals surface area contributed by atoms with Gasteiger partial charge in [-0.3, -0.25) is 4.79 Å². The van der Waals surface area contributed by atoms with E-state index in [2.05, 4.69) is 37.2 Å². The number of amides is 1. The third kappa shape index (κ3) is 3.18. The van der Waals surface area contributed by atoms with Crippen LogP contribution in [-0.2, 0) is 0 Å². The number of methoxy groups -OCH3 is 1. The predicted molar refractivity (Wildman–Crippen MR) is 66.8 cm³/mol. The van der Waals surface area contributed by atoms with E-state index in [0.29, 0.717) is 17.4 Å². The minimum atomic E-state index is -0.464. The largest absolute Gasteiger partial charge is 0.496 e. The molecule has 0 spiro atoms. The normalized spacial score (nSPS) is 10.0. The van der Waals surface area contributed by atoms with Crippen molar-refractivity contribution in [2.45, 2.75) is 0 Å². The van der Waals surface area contributed by atoms with Crippen LogP contribution in [0.25, 0.3) is 0 Å². The summed E-state index contributed by atoms with van der Waals surface area (Å²) in [5.41, 5.74) is 0.303. The van der Waals surface area contributed by atoms with Gasteiger partial charge in [0.2, 0.25) is 0 Å². The van der Waals surface area contributed by atoms with Crippen molar-refractivity contribution in [3.8, 4) is 5.75 Å². The molecule has 0 aliphatic carbocycles. The summed E-state index contributed by atoms with van der Waals surface area (Å²) in [6.07, 6.45) is 0. The maximum absolute atomic E-state index is 13.2. The summed E-state index contributed by atoms with van der Waals surface area (Å²) < 4.78 is 18.4. The third-order valence-electron chi connectivity index (χ3n) is 1.87. The van der Waals surface area contributed by atoms with E-state index in [4.69, 9.17) is 4.74 Å². The number of alkyl halides is 1. The fourth-order valence-electron chi connectivity index (χ4n) is 1.13. The number of rotatable bonds is 4. The number of ether oxygens (including phenoxy) is 1. The van der Waals surface area contributed by atoms with Crippen LogP contribution in [0.15, 0.2) is 16.6 Å². The Labute approximate surface area is 110 Å². The molecular formula is C10H10Br2FNO2. The number of hydrogen-bond acceptors (Lipinski definition) is 2. The Morgan fingerprint density at radius 3 is 2.81 bits per heavy atom. The molecule has 1 aromatic rings. The van der Waals surface area contributed by atoms with Crippen LogP contribution in [0.3, 0.4) is 0 Å². The minimum Gasteiger partial charge on any atom is -0.496 e. The van der Waals surface area contributed by atoms with Crippen LogP contribution in [-0.4, -0.2) is 24.9 Å². The first-order chi connectivity index (χ1) is 7.60. The van der Waals surface area contributed by atoms with Crippen LogP contribution in [0, 0.1) is 5.82 Å². The summed E-state index contributed by atoms with van der Waals surface area (Å²) in [6, 6.07) is 2.57. The maximum Gasteiger partial charge on any atom is 0.255 e. The maximum atomic E-state index is 13.2. The Balaban J connectivity index is 3.02. The van der Waals surface area contributed by atoms with Gasteiger partial charge in [-0.15, -0.1) is 0 Å². The zero-order valence-corrected chi connectivity index (χ0v) is 11.7.